The third kappa shape index (κ3) is 5.41. The quantitative estimate of drug-likeness (QED) is 0.716. The molecule has 0 aliphatic rings. The first-order chi connectivity index (χ1) is 11.1. The number of furan rings is 1. The molecule has 2 rings (SSSR count). The molecule has 1 heterocycles. The van der Waals surface area contributed by atoms with E-state index >= 15 is 0 Å². The van der Waals surface area contributed by atoms with Gasteiger partial charge in [0.2, 0.25) is 0 Å². The first-order valence-electron chi connectivity index (χ1n) is 6.72. The average Bonchev–Trinajstić information content (AvgIpc) is 3.05. The molecule has 6 nitrogen and oxygen atoms in total. The van der Waals surface area contributed by atoms with Crippen LogP contribution in [0.5, 0.6) is 5.75 Å². The van der Waals surface area contributed by atoms with E-state index in [1.807, 2.05) is 0 Å². The van der Waals surface area contributed by atoms with Crippen molar-refractivity contribution in [1.29, 1.82) is 0 Å². The number of hydrogen-bond acceptors (Lipinski definition) is 4. The molecule has 2 aromatic rings. The zero-order chi connectivity index (χ0) is 16.7. The average molecular weight is 385 g/mol. The van der Waals surface area contributed by atoms with E-state index in [9.17, 15) is 14.0 Å². The van der Waals surface area contributed by atoms with E-state index in [1.54, 1.807) is 12.1 Å². The number of carbonyl (C=O) groups is 2. The summed E-state index contributed by atoms with van der Waals surface area (Å²) < 4.78 is 24.1. The predicted octanol–water partition coefficient (Wildman–Crippen LogP) is 2.11. The highest BCUT2D eigenvalue weighted by molar-refractivity contribution is 9.10. The molecule has 2 N–H and O–H groups in total. The smallest absolute Gasteiger partial charge is 0.287 e. The number of amides is 2. The first kappa shape index (κ1) is 17.0. The lowest BCUT2D eigenvalue weighted by Gasteiger charge is -2.08. The van der Waals surface area contributed by atoms with Gasteiger partial charge in [-0.1, -0.05) is 15.9 Å². The highest BCUT2D eigenvalue weighted by Crippen LogP contribution is 2.21. The minimum atomic E-state index is -0.558. The fourth-order valence-electron chi connectivity index (χ4n) is 1.66. The van der Waals surface area contributed by atoms with Crippen molar-refractivity contribution in [1.82, 2.24) is 10.6 Å². The molecule has 122 valence electrons. The summed E-state index contributed by atoms with van der Waals surface area (Å²) in [6.45, 7) is 0.139. The SMILES string of the molecule is O=C(COc1ccc(Br)cc1F)NCCNC(=O)c1ccco1. The molecule has 0 spiro atoms. The van der Waals surface area contributed by atoms with Crippen molar-refractivity contribution in [3.8, 4) is 5.75 Å². The largest absolute Gasteiger partial charge is 0.481 e. The van der Waals surface area contributed by atoms with Crippen LogP contribution in [0.1, 0.15) is 10.6 Å². The molecule has 2 amide bonds. The van der Waals surface area contributed by atoms with Gasteiger partial charge in [-0.3, -0.25) is 9.59 Å². The molecule has 1 aromatic carbocycles. The van der Waals surface area contributed by atoms with Gasteiger partial charge in [-0.15, -0.1) is 0 Å². The Balaban J connectivity index is 1.64. The van der Waals surface area contributed by atoms with E-state index in [2.05, 4.69) is 26.6 Å². The van der Waals surface area contributed by atoms with Crippen LogP contribution in [0, 0.1) is 5.82 Å². The topological polar surface area (TPSA) is 80.6 Å². The summed E-state index contributed by atoms with van der Waals surface area (Å²) in [5.74, 6) is -1.14. The van der Waals surface area contributed by atoms with Gasteiger partial charge in [0.1, 0.15) is 0 Å². The molecule has 0 fully saturated rings. The summed E-state index contributed by atoms with van der Waals surface area (Å²) >= 11 is 3.13. The maximum Gasteiger partial charge on any atom is 0.287 e. The minimum absolute atomic E-state index is 0.00512. The van der Waals surface area contributed by atoms with Crippen LogP contribution in [-0.4, -0.2) is 31.5 Å². The molecule has 0 unspecified atom stereocenters. The van der Waals surface area contributed by atoms with Gasteiger partial charge in [0, 0.05) is 17.6 Å². The predicted molar refractivity (Wildman–Crippen MR) is 83.6 cm³/mol. The molecule has 0 radical (unpaired) electrons. The zero-order valence-corrected chi connectivity index (χ0v) is 13.6. The van der Waals surface area contributed by atoms with Crippen molar-refractivity contribution in [2.75, 3.05) is 19.7 Å². The molecule has 0 aliphatic carbocycles. The van der Waals surface area contributed by atoms with Crippen LogP contribution in [-0.2, 0) is 4.79 Å². The molecule has 1 aromatic heterocycles. The van der Waals surface area contributed by atoms with Crippen molar-refractivity contribution in [2.24, 2.45) is 0 Å². The lowest BCUT2D eigenvalue weighted by Crippen LogP contribution is -2.36. The molecule has 0 bridgehead atoms. The maximum absolute atomic E-state index is 13.5. The third-order valence-electron chi connectivity index (χ3n) is 2.73. The highest BCUT2D eigenvalue weighted by Gasteiger charge is 2.09. The molecule has 23 heavy (non-hydrogen) atoms. The van der Waals surface area contributed by atoms with Gasteiger partial charge in [-0.2, -0.15) is 0 Å². The number of hydrogen-bond donors (Lipinski definition) is 2. The number of rotatable bonds is 7. The Labute approximate surface area is 140 Å². The second-order valence-electron chi connectivity index (χ2n) is 4.45. The van der Waals surface area contributed by atoms with Crippen LogP contribution in [0.25, 0.3) is 0 Å². The van der Waals surface area contributed by atoms with Crippen molar-refractivity contribution >= 4 is 27.7 Å². The molecule has 8 heteroatoms. The van der Waals surface area contributed by atoms with Gasteiger partial charge in [-0.05, 0) is 30.3 Å². The Hall–Kier alpha value is -2.35. The highest BCUT2D eigenvalue weighted by atomic mass is 79.9. The lowest BCUT2D eigenvalue weighted by molar-refractivity contribution is -0.123. The van der Waals surface area contributed by atoms with Gasteiger partial charge in [0.05, 0.1) is 6.26 Å². The van der Waals surface area contributed by atoms with Crippen LogP contribution >= 0.6 is 15.9 Å². The van der Waals surface area contributed by atoms with Crippen LogP contribution in [0.15, 0.2) is 45.5 Å². The van der Waals surface area contributed by atoms with Gasteiger partial charge in [-0.25, -0.2) is 4.39 Å². The summed E-state index contributed by atoms with van der Waals surface area (Å²) in [6.07, 6.45) is 1.40. The van der Waals surface area contributed by atoms with E-state index in [0.29, 0.717) is 4.47 Å². The van der Waals surface area contributed by atoms with Crippen molar-refractivity contribution in [2.45, 2.75) is 0 Å². The molecule has 0 atom stereocenters. The molecular weight excluding hydrogens is 371 g/mol. The van der Waals surface area contributed by atoms with Crippen LogP contribution in [0.3, 0.4) is 0 Å². The standard InChI is InChI=1S/C15H14BrFN2O4/c16-10-3-4-12(11(17)8-10)23-9-14(20)18-5-6-19-15(21)13-2-1-7-22-13/h1-4,7-8H,5-6,9H2,(H,18,20)(H,19,21). The van der Waals surface area contributed by atoms with E-state index in [-0.39, 0.29) is 37.1 Å². The zero-order valence-electron chi connectivity index (χ0n) is 12.0. The van der Waals surface area contributed by atoms with E-state index in [0.717, 1.165) is 0 Å². The third-order valence-corrected chi connectivity index (χ3v) is 3.22. The van der Waals surface area contributed by atoms with Crippen molar-refractivity contribution < 1.29 is 23.1 Å². The van der Waals surface area contributed by atoms with Crippen LogP contribution in [0.4, 0.5) is 4.39 Å². The van der Waals surface area contributed by atoms with Crippen molar-refractivity contribution in [3.63, 3.8) is 0 Å². The number of ether oxygens (including phenoxy) is 1. The van der Waals surface area contributed by atoms with E-state index < -0.39 is 11.7 Å². The van der Waals surface area contributed by atoms with E-state index in [1.165, 1.54) is 24.5 Å². The Morgan fingerprint density at radius 1 is 1.22 bits per heavy atom. The fourth-order valence-corrected chi connectivity index (χ4v) is 1.99. The first-order valence-corrected chi connectivity index (χ1v) is 7.52. The summed E-state index contributed by atoms with van der Waals surface area (Å²) in [5.41, 5.74) is 0. The molecule has 0 saturated carbocycles. The fraction of sp³-hybridized carbons (Fsp3) is 0.200. The number of carbonyl (C=O) groups excluding carboxylic acids is 2. The van der Waals surface area contributed by atoms with Gasteiger partial charge < -0.3 is 19.8 Å². The molecular formula is C15H14BrFN2O4. The lowest BCUT2D eigenvalue weighted by atomic mass is 10.3. The second kappa shape index (κ2) is 8.33. The number of benzene rings is 1. The number of halogens is 2. The van der Waals surface area contributed by atoms with Gasteiger partial charge in [0.15, 0.2) is 23.9 Å². The van der Waals surface area contributed by atoms with Gasteiger partial charge >= 0.3 is 0 Å². The maximum atomic E-state index is 13.5. The van der Waals surface area contributed by atoms with Crippen LogP contribution < -0.4 is 15.4 Å². The Bertz CT molecular complexity index is 676. The summed E-state index contributed by atoms with van der Waals surface area (Å²) in [6, 6.07) is 7.43. The van der Waals surface area contributed by atoms with Gasteiger partial charge in [0.25, 0.3) is 11.8 Å². The van der Waals surface area contributed by atoms with E-state index in [4.69, 9.17) is 9.15 Å². The molecule has 0 saturated heterocycles. The summed E-state index contributed by atoms with van der Waals surface area (Å²) in [7, 11) is 0. The Kier molecular flexibility index (Phi) is 6.16. The summed E-state index contributed by atoms with van der Waals surface area (Å²) in [5, 5.41) is 5.12. The second-order valence-corrected chi connectivity index (χ2v) is 5.36. The Morgan fingerprint density at radius 3 is 2.70 bits per heavy atom. The monoisotopic (exact) mass is 384 g/mol. The van der Waals surface area contributed by atoms with Crippen molar-refractivity contribution in [3.05, 3.63) is 52.6 Å². The summed E-state index contributed by atoms with van der Waals surface area (Å²) in [4.78, 5) is 23.1. The van der Waals surface area contributed by atoms with Crippen LogP contribution in [0.2, 0.25) is 0 Å². The number of nitrogens with one attached hydrogen (secondary N) is 2. The normalized spacial score (nSPS) is 10.2. The minimum Gasteiger partial charge on any atom is -0.481 e. The Morgan fingerprint density at radius 2 is 2.00 bits per heavy atom. The molecule has 0 aliphatic heterocycles.